The van der Waals surface area contributed by atoms with Crippen LogP contribution < -0.4 is 4.46 Å². The molecule has 1 aromatic carbocycles. The maximum atomic E-state index is 3.88. The van der Waals surface area contributed by atoms with Crippen LogP contribution in [0.2, 0.25) is 5.32 Å². The second kappa shape index (κ2) is 16.7. The second-order valence-corrected chi connectivity index (χ2v) is 10.5. The first-order valence-corrected chi connectivity index (χ1v) is 13.1. The number of hydrogen-bond acceptors (Lipinski definition) is 0. The Kier molecular flexibility index (Phi) is 15.5. The molecule has 0 fully saturated rings. The van der Waals surface area contributed by atoms with E-state index in [9.17, 15) is 0 Å². The molecule has 24 heavy (non-hydrogen) atoms. The van der Waals surface area contributed by atoms with Crippen LogP contribution in [0.3, 0.4) is 0 Å². The molecular formula is C22H37BrSe. The van der Waals surface area contributed by atoms with Gasteiger partial charge < -0.3 is 0 Å². The van der Waals surface area contributed by atoms with E-state index in [-0.39, 0.29) is 0 Å². The Hall–Kier alpha value is 0.219. The molecule has 0 radical (unpaired) electrons. The van der Waals surface area contributed by atoms with Crippen LogP contribution in [-0.2, 0) is 0 Å². The van der Waals surface area contributed by atoms with Crippen molar-refractivity contribution >= 4 is 35.3 Å². The van der Waals surface area contributed by atoms with Crippen LogP contribution in [0.25, 0.3) is 0 Å². The Morgan fingerprint density at radius 3 is 1.79 bits per heavy atom. The number of alkyl halides is 1. The van der Waals surface area contributed by atoms with Gasteiger partial charge in [-0.05, 0) is 0 Å². The average molecular weight is 460 g/mol. The van der Waals surface area contributed by atoms with Gasteiger partial charge in [0.1, 0.15) is 0 Å². The summed E-state index contributed by atoms with van der Waals surface area (Å²) in [5, 5.41) is 1.33. The molecule has 1 rings (SSSR count). The van der Waals surface area contributed by atoms with Gasteiger partial charge in [-0.1, -0.05) is 26.2 Å². The SMILES string of the molecule is CCCCCCCCCCCCCCC(Br)C[Se]c1ccccc1. The minimum absolute atomic E-state index is 0.632. The van der Waals surface area contributed by atoms with Crippen molar-refractivity contribution in [2.45, 2.75) is 101 Å². The van der Waals surface area contributed by atoms with Crippen molar-refractivity contribution in [2.24, 2.45) is 0 Å². The third-order valence-electron chi connectivity index (χ3n) is 4.54. The summed E-state index contributed by atoms with van der Waals surface area (Å²) in [6.07, 6.45) is 18.7. The molecule has 2 heteroatoms. The van der Waals surface area contributed by atoms with Crippen molar-refractivity contribution < 1.29 is 0 Å². The fourth-order valence-corrected chi connectivity index (χ4v) is 5.87. The van der Waals surface area contributed by atoms with E-state index in [2.05, 4.69) is 53.2 Å². The maximum absolute atomic E-state index is 3.88. The summed E-state index contributed by atoms with van der Waals surface area (Å²) in [6, 6.07) is 11.0. The zero-order valence-electron chi connectivity index (χ0n) is 15.6. The Balaban J connectivity index is 1.81. The third-order valence-corrected chi connectivity index (χ3v) is 8.76. The monoisotopic (exact) mass is 460 g/mol. The Morgan fingerprint density at radius 2 is 1.25 bits per heavy atom. The molecular weight excluding hydrogens is 423 g/mol. The van der Waals surface area contributed by atoms with Crippen molar-refractivity contribution in [3.05, 3.63) is 30.3 Å². The van der Waals surface area contributed by atoms with Crippen LogP contribution in [-0.4, -0.2) is 19.8 Å². The minimum atomic E-state index is 0.632. The first-order valence-electron chi connectivity index (χ1n) is 10.1. The Labute approximate surface area is 165 Å². The number of benzene rings is 1. The van der Waals surface area contributed by atoms with E-state index < -0.39 is 0 Å². The first-order chi connectivity index (χ1) is 11.8. The van der Waals surface area contributed by atoms with E-state index in [1.165, 1.54) is 93.3 Å². The molecule has 0 aliphatic carbocycles. The summed E-state index contributed by atoms with van der Waals surface area (Å²) in [5.41, 5.74) is 0. The van der Waals surface area contributed by atoms with Crippen LogP contribution in [0.5, 0.6) is 0 Å². The van der Waals surface area contributed by atoms with E-state index in [0.29, 0.717) is 15.0 Å². The van der Waals surface area contributed by atoms with E-state index in [1.807, 2.05) is 0 Å². The number of unbranched alkanes of at least 4 members (excludes halogenated alkanes) is 11. The molecule has 0 bridgehead atoms. The van der Waals surface area contributed by atoms with Gasteiger partial charge in [-0.2, -0.15) is 0 Å². The van der Waals surface area contributed by atoms with Crippen molar-refractivity contribution in [3.63, 3.8) is 0 Å². The van der Waals surface area contributed by atoms with Gasteiger partial charge in [-0.25, -0.2) is 0 Å². The standard InChI is InChI=1S/C22H37BrSe/c1-2-3-4-5-6-7-8-9-10-11-12-14-17-21(23)20-24-22-18-15-13-16-19-22/h13,15-16,18-19,21H,2-12,14,17,20H2,1H3. The molecule has 1 unspecified atom stereocenters. The van der Waals surface area contributed by atoms with Gasteiger partial charge in [-0.15, -0.1) is 0 Å². The van der Waals surface area contributed by atoms with Crippen molar-refractivity contribution in [3.8, 4) is 0 Å². The Bertz CT molecular complexity index is 365. The molecule has 0 saturated heterocycles. The molecule has 0 spiro atoms. The summed E-state index contributed by atoms with van der Waals surface area (Å²) >= 11 is 4.51. The fraction of sp³-hybridized carbons (Fsp3) is 0.727. The van der Waals surface area contributed by atoms with Gasteiger partial charge in [0.05, 0.1) is 0 Å². The van der Waals surface area contributed by atoms with Crippen LogP contribution >= 0.6 is 15.9 Å². The number of hydrogen-bond donors (Lipinski definition) is 0. The van der Waals surface area contributed by atoms with Crippen molar-refractivity contribution in [1.82, 2.24) is 0 Å². The molecule has 0 aliphatic heterocycles. The van der Waals surface area contributed by atoms with E-state index in [1.54, 1.807) is 0 Å². The van der Waals surface area contributed by atoms with Crippen LogP contribution in [0.4, 0.5) is 0 Å². The van der Waals surface area contributed by atoms with E-state index >= 15 is 0 Å². The van der Waals surface area contributed by atoms with Crippen molar-refractivity contribution in [1.29, 1.82) is 0 Å². The van der Waals surface area contributed by atoms with E-state index in [4.69, 9.17) is 0 Å². The predicted octanol–water partition coefficient (Wildman–Crippen LogP) is 7.29. The predicted molar refractivity (Wildman–Crippen MR) is 115 cm³/mol. The van der Waals surface area contributed by atoms with E-state index in [0.717, 1.165) is 4.83 Å². The van der Waals surface area contributed by atoms with Crippen LogP contribution in [0.15, 0.2) is 30.3 Å². The zero-order valence-corrected chi connectivity index (χ0v) is 18.9. The molecule has 0 heterocycles. The first kappa shape index (κ1) is 22.3. The summed E-state index contributed by atoms with van der Waals surface area (Å²) < 4.78 is 1.53. The molecule has 0 saturated carbocycles. The average Bonchev–Trinajstić information content (AvgIpc) is 2.62. The summed E-state index contributed by atoms with van der Waals surface area (Å²) in [7, 11) is 0. The fourth-order valence-electron chi connectivity index (χ4n) is 2.99. The molecule has 0 N–H and O–H groups in total. The topological polar surface area (TPSA) is 0 Å². The third kappa shape index (κ3) is 13.5. The van der Waals surface area contributed by atoms with Gasteiger partial charge in [0.25, 0.3) is 0 Å². The van der Waals surface area contributed by atoms with Crippen molar-refractivity contribution in [2.75, 3.05) is 0 Å². The van der Waals surface area contributed by atoms with Gasteiger partial charge >= 0.3 is 140 Å². The number of halogens is 1. The quantitative estimate of drug-likeness (QED) is 0.138. The number of rotatable bonds is 16. The molecule has 0 aromatic heterocycles. The van der Waals surface area contributed by atoms with Crippen LogP contribution in [0, 0.1) is 0 Å². The summed E-state index contributed by atoms with van der Waals surface area (Å²) in [4.78, 5) is 0.723. The van der Waals surface area contributed by atoms with Gasteiger partial charge in [-0.3, -0.25) is 0 Å². The molecule has 1 aromatic rings. The molecule has 138 valence electrons. The van der Waals surface area contributed by atoms with Gasteiger partial charge in [0.15, 0.2) is 0 Å². The summed E-state index contributed by atoms with van der Waals surface area (Å²) in [6.45, 7) is 2.29. The Morgan fingerprint density at radius 1 is 0.750 bits per heavy atom. The summed E-state index contributed by atoms with van der Waals surface area (Å²) in [5.74, 6) is 0. The molecule has 1 atom stereocenters. The zero-order chi connectivity index (χ0) is 17.3. The van der Waals surface area contributed by atoms with Gasteiger partial charge in [0, 0.05) is 0 Å². The normalized spacial score (nSPS) is 12.4. The molecule has 0 aliphatic rings. The molecule has 0 amide bonds. The second-order valence-electron chi connectivity index (χ2n) is 6.90. The van der Waals surface area contributed by atoms with Gasteiger partial charge in [0.2, 0.25) is 0 Å². The van der Waals surface area contributed by atoms with Crippen LogP contribution in [0.1, 0.15) is 90.4 Å². The molecule has 0 nitrogen and oxygen atoms in total.